The summed E-state index contributed by atoms with van der Waals surface area (Å²) in [7, 11) is 1.92. The molecular formula is C13H15Cl2N3. The first-order valence-electron chi connectivity index (χ1n) is 5.81. The van der Waals surface area contributed by atoms with E-state index in [2.05, 4.69) is 17.3 Å². The third-order valence-corrected chi connectivity index (χ3v) is 3.65. The number of benzene rings is 1. The van der Waals surface area contributed by atoms with Crippen molar-refractivity contribution >= 4 is 23.2 Å². The van der Waals surface area contributed by atoms with E-state index in [4.69, 9.17) is 23.2 Å². The van der Waals surface area contributed by atoms with Crippen molar-refractivity contribution in [3.63, 3.8) is 0 Å². The van der Waals surface area contributed by atoms with Gasteiger partial charge in [0.25, 0.3) is 0 Å². The van der Waals surface area contributed by atoms with Crippen LogP contribution in [0.4, 0.5) is 0 Å². The number of hydrogen-bond acceptors (Lipinski definition) is 2. The van der Waals surface area contributed by atoms with Crippen molar-refractivity contribution in [2.75, 3.05) is 7.05 Å². The maximum Gasteiger partial charge on any atom is 0.0746 e. The molecule has 0 bridgehead atoms. The Bertz CT molecular complexity index is 537. The van der Waals surface area contributed by atoms with Crippen molar-refractivity contribution in [3.05, 3.63) is 51.8 Å². The Kier molecular flexibility index (Phi) is 4.27. The van der Waals surface area contributed by atoms with Crippen LogP contribution < -0.4 is 5.32 Å². The Labute approximate surface area is 117 Å². The molecule has 3 nitrogen and oxygen atoms in total. The molecule has 0 fully saturated rings. The van der Waals surface area contributed by atoms with E-state index in [0.717, 1.165) is 17.8 Å². The maximum absolute atomic E-state index is 6.07. The van der Waals surface area contributed by atoms with Crippen LogP contribution in [0.5, 0.6) is 0 Å². The number of nitrogens with one attached hydrogen (secondary N) is 1. The van der Waals surface area contributed by atoms with E-state index in [1.165, 1.54) is 0 Å². The summed E-state index contributed by atoms with van der Waals surface area (Å²) in [5.41, 5.74) is 2.18. The first-order chi connectivity index (χ1) is 8.67. The summed E-state index contributed by atoms with van der Waals surface area (Å²) in [6.07, 6.45) is 1.81. The van der Waals surface area contributed by atoms with E-state index in [1.54, 1.807) is 6.20 Å². The predicted molar refractivity (Wildman–Crippen MR) is 75.3 cm³/mol. The molecule has 1 aromatic heterocycles. The number of hydrogen-bond donors (Lipinski definition) is 1. The standard InChI is InChI=1S/C13H15Cl2N3/c1-3-18-12(6-7-17-18)13(16-2)9-4-5-10(14)11(15)8-9/h4-8,13,16H,3H2,1-2H3. The smallest absolute Gasteiger partial charge is 0.0746 e. The van der Waals surface area contributed by atoms with Gasteiger partial charge >= 0.3 is 0 Å². The molecule has 18 heavy (non-hydrogen) atoms. The van der Waals surface area contributed by atoms with Gasteiger partial charge in [0, 0.05) is 12.7 Å². The topological polar surface area (TPSA) is 29.9 Å². The van der Waals surface area contributed by atoms with Crippen LogP contribution in [0.25, 0.3) is 0 Å². The Balaban J connectivity index is 2.42. The summed E-state index contributed by atoms with van der Waals surface area (Å²) in [6.45, 7) is 2.90. The van der Waals surface area contributed by atoms with Crippen LogP contribution in [-0.4, -0.2) is 16.8 Å². The Morgan fingerprint density at radius 1 is 1.28 bits per heavy atom. The highest BCUT2D eigenvalue weighted by Crippen LogP contribution is 2.28. The average molecular weight is 284 g/mol. The first-order valence-corrected chi connectivity index (χ1v) is 6.57. The second kappa shape index (κ2) is 5.74. The van der Waals surface area contributed by atoms with Gasteiger partial charge < -0.3 is 5.32 Å². The normalized spacial score (nSPS) is 12.7. The lowest BCUT2D eigenvalue weighted by Gasteiger charge is -2.18. The van der Waals surface area contributed by atoms with Gasteiger partial charge in [0.15, 0.2) is 0 Å². The fraction of sp³-hybridized carbons (Fsp3) is 0.308. The molecule has 1 aromatic carbocycles. The second-order valence-electron chi connectivity index (χ2n) is 3.97. The fourth-order valence-electron chi connectivity index (χ4n) is 2.03. The van der Waals surface area contributed by atoms with Gasteiger partial charge in [-0.1, -0.05) is 29.3 Å². The van der Waals surface area contributed by atoms with Crippen molar-refractivity contribution in [2.24, 2.45) is 0 Å². The van der Waals surface area contributed by atoms with Gasteiger partial charge in [-0.2, -0.15) is 5.10 Å². The van der Waals surface area contributed by atoms with Gasteiger partial charge in [-0.25, -0.2) is 0 Å². The first kappa shape index (κ1) is 13.4. The lowest BCUT2D eigenvalue weighted by molar-refractivity contribution is 0.563. The number of aromatic nitrogens is 2. The molecule has 1 heterocycles. The number of aryl methyl sites for hydroxylation is 1. The zero-order valence-corrected chi connectivity index (χ0v) is 11.8. The molecule has 0 saturated heterocycles. The van der Waals surface area contributed by atoms with Crippen LogP contribution in [0.15, 0.2) is 30.5 Å². The average Bonchev–Trinajstić information content (AvgIpc) is 2.83. The minimum atomic E-state index is 0.0576. The van der Waals surface area contributed by atoms with Crippen LogP contribution in [-0.2, 0) is 6.54 Å². The van der Waals surface area contributed by atoms with Gasteiger partial charge in [-0.15, -0.1) is 0 Å². The van der Waals surface area contributed by atoms with Crippen LogP contribution >= 0.6 is 23.2 Å². The van der Waals surface area contributed by atoms with E-state index in [-0.39, 0.29) is 6.04 Å². The third kappa shape index (κ3) is 2.53. The van der Waals surface area contributed by atoms with Crippen molar-refractivity contribution in [2.45, 2.75) is 19.5 Å². The molecule has 96 valence electrons. The lowest BCUT2D eigenvalue weighted by atomic mass is 10.0. The van der Waals surface area contributed by atoms with E-state index >= 15 is 0 Å². The number of nitrogens with zero attached hydrogens (tertiary/aromatic N) is 2. The number of rotatable bonds is 4. The lowest BCUT2D eigenvalue weighted by Crippen LogP contribution is -2.21. The Morgan fingerprint density at radius 2 is 2.06 bits per heavy atom. The molecule has 1 unspecified atom stereocenters. The fourth-order valence-corrected chi connectivity index (χ4v) is 2.34. The number of halogens is 2. The Hall–Kier alpha value is -1.03. The van der Waals surface area contributed by atoms with Gasteiger partial charge in [0.1, 0.15) is 0 Å². The maximum atomic E-state index is 6.07. The minimum Gasteiger partial charge on any atom is -0.308 e. The van der Waals surface area contributed by atoms with Crippen LogP contribution in [0.3, 0.4) is 0 Å². The molecule has 0 spiro atoms. The van der Waals surface area contributed by atoms with Crippen molar-refractivity contribution < 1.29 is 0 Å². The van der Waals surface area contributed by atoms with E-state index in [1.807, 2.05) is 36.0 Å². The molecule has 1 atom stereocenters. The van der Waals surface area contributed by atoms with Crippen molar-refractivity contribution in [1.29, 1.82) is 0 Å². The zero-order chi connectivity index (χ0) is 13.1. The molecule has 1 N–H and O–H groups in total. The summed E-state index contributed by atoms with van der Waals surface area (Å²) in [4.78, 5) is 0. The highest BCUT2D eigenvalue weighted by molar-refractivity contribution is 6.42. The van der Waals surface area contributed by atoms with Crippen LogP contribution in [0.2, 0.25) is 10.0 Å². The molecule has 0 aliphatic carbocycles. The third-order valence-electron chi connectivity index (χ3n) is 2.91. The minimum absolute atomic E-state index is 0.0576. The SMILES string of the molecule is CCn1nccc1C(NC)c1ccc(Cl)c(Cl)c1. The molecule has 5 heteroatoms. The van der Waals surface area contributed by atoms with Gasteiger partial charge in [0.2, 0.25) is 0 Å². The molecule has 2 rings (SSSR count). The quantitative estimate of drug-likeness (QED) is 0.931. The highest BCUT2D eigenvalue weighted by Gasteiger charge is 2.16. The van der Waals surface area contributed by atoms with E-state index < -0.39 is 0 Å². The second-order valence-corrected chi connectivity index (χ2v) is 4.78. The molecular weight excluding hydrogens is 269 g/mol. The van der Waals surface area contributed by atoms with Crippen LogP contribution in [0.1, 0.15) is 24.2 Å². The predicted octanol–water partition coefficient (Wildman–Crippen LogP) is 3.52. The van der Waals surface area contributed by atoms with Crippen molar-refractivity contribution in [1.82, 2.24) is 15.1 Å². The largest absolute Gasteiger partial charge is 0.308 e. The molecule has 0 saturated carbocycles. The monoisotopic (exact) mass is 283 g/mol. The van der Waals surface area contributed by atoms with E-state index in [0.29, 0.717) is 10.0 Å². The highest BCUT2D eigenvalue weighted by atomic mass is 35.5. The molecule has 0 aliphatic rings. The molecule has 0 aliphatic heterocycles. The summed E-state index contributed by atoms with van der Waals surface area (Å²) in [5, 5.41) is 8.70. The van der Waals surface area contributed by atoms with Gasteiger partial charge in [-0.3, -0.25) is 4.68 Å². The molecule has 0 radical (unpaired) electrons. The summed E-state index contributed by atoms with van der Waals surface area (Å²) in [5.74, 6) is 0. The summed E-state index contributed by atoms with van der Waals surface area (Å²) < 4.78 is 1.96. The van der Waals surface area contributed by atoms with Gasteiger partial charge in [0.05, 0.1) is 21.8 Å². The molecule has 0 amide bonds. The zero-order valence-electron chi connectivity index (χ0n) is 10.3. The molecule has 2 aromatic rings. The Morgan fingerprint density at radius 3 is 2.67 bits per heavy atom. The van der Waals surface area contributed by atoms with Crippen LogP contribution in [0, 0.1) is 0 Å². The van der Waals surface area contributed by atoms with Gasteiger partial charge in [-0.05, 0) is 37.7 Å². The summed E-state index contributed by atoms with van der Waals surface area (Å²) in [6, 6.07) is 7.74. The summed E-state index contributed by atoms with van der Waals surface area (Å²) >= 11 is 12.0. The van der Waals surface area contributed by atoms with Crippen molar-refractivity contribution in [3.8, 4) is 0 Å². The van der Waals surface area contributed by atoms with E-state index in [9.17, 15) is 0 Å².